The fourth-order valence-corrected chi connectivity index (χ4v) is 3.10. The fraction of sp³-hybridized carbons (Fsp3) is 0.143. The maximum absolute atomic E-state index is 4.86. The third-order valence-corrected chi connectivity index (χ3v) is 4.51. The van der Waals surface area contributed by atoms with E-state index in [1.807, 2.05) is 49.3 Å². The van der Waals surface area contributed by atoms with Crippen molar-refractivity contribution in [3.8, 4) is 0 Å². The van der Waals surface area contributed by atoms with Gasteiger partial charge in [0.2, 0.25) is 0 Å². The summed E-state index contributed by atoms with van der Waals surface area (Å²) in [6.45, 7) is 6.80. The number of allylic oxidation sites excluding steroid dienone is 1. The van der Waals surface area contributed by atoms with Crippen LogP contribution in [0.2, 0.25) is 0 Å². The van der Waals surface area contributed by atoms with Crippen LogP contribution >= 0.6 is 0 Å². The van der Waals surface area contributed by atoms with Crippen molar-refractivity contribution in [2.45, 2.75) is 13.5 Å². The first-order valence-corrected chi connectivity index (χ1v) is 8.32. The molecule has 0 radical (unpaired) electrons. The Morgan fingerprint density at radius 2 is 1.72 bits per heavy atom. The van der Waals surface area contributed by atoms with Gasteiger partial charge in [0.15, 0.2) is 5.82 Å². The van der Waals surface area contributed by atoms with E-state index in [0.29, 0.717) is 0 Å². The van der Waals surface area contributed by atoms with Crippen LogP contribution in [0.3, 0.4) is 0 Å². The van der Waals surface area contributed by atoms with Gasteiger partial charge >= 0.3 is 0 Å². The number of rotatable bonds is 3. The highest BCUT2D eigenvalue weighted by Gasteiger charge is 2.19. The van der Waals surface area contributed by atoms with Crippen LogP contribution in [0.25, 0.3) is 16.7 Å². The van der Waals surface area contributed by atoms with Crippen molar-refractivity contribution in [2.24, 2.45) is 4.99 Å². The number of aromatic nitrogens is 2. The molecular formula is C21H20N4. The SMILES string of the molecule is C=C1C(C)=NC(c2nc3ccccc3n2Cc2ccccc2)=CN1C. The number of nitrogens with zero attached hydrogens (tertiary/aromatic N) is 4. The third-order valence-electron chi connectivity index (χ3n) is 4.51. The van der Waals surface area contributed by atoms with Gasteiger partial charge in [0.05, 0.1) is 22.4 Å². The molecule has 4 nitrogen and oxygen atoms in total. The Labute approximate surface area is 147 Å². The minimum atomic E-state index is 0.757. The molecule has 1 aromatic heterocycles. The van der Waals surface area contributed by atoms with Gasteiger partial charge < -0.3 is 9.47 Å². The van der Waals surface area contributed by atoms with Gasteiger partial charge in [-0.05, 0) is 24.6 Å². The second-order valence-electron chi connectivity index (χ2n) is 6.27. The van der Waals surface area contributed by atoms with E-state index in [9.17, 15) is 0 Å². The topological polar surface area (TPSA) is 33.4 Å². The van der Waals surface area contributed by atoms with E-state index in [4.69, 9.17) is 9.98 Å². The maximum Gasteiger partial charge on any atom is 0.161 e. The molecule has 0 spiro atoms. The summed E-state index contributed by atoms with van der Waals surface area (Å²) in [5.41, 5.74) is 6.02. The zero-order valence-corrected chi connectivity index (χ0v) is 14.5. The van der Waals surface area contributed by atoms with Crippen LogP contribution < -0.4 is 0 Å². The Morgan fingerprint density at radius 1 is 1.00 bits per heavy atom. The number of hydrogen-bond acceptors (Lipinski definition) is 3. The van der Waals surface area contributed by atoms with Gasteiger partial charge in [-0.25, -0.2) is 9.98 Å². The van der Waals surface area contributed by atoms with Crippen molar-refractivity contribution in [1.82, 2.24) is 14.5 Å². The van der Waals surface area contributed by atoms with E-state index < -0.39 is 0 Å². The number of fused-ring (bicyclic) bond motifs is 1. The van der Waals surface area contributed by atoms with Crippen LogP contribution in [0.15, 0.2) is 78.1 Å². The highest BCUT2D eigenvalue weighted by Crippen LogP contribution is 2.27. The molecule has 0 bridgehead atoms. The molecule has 0 fully saturated rings. The molecule has 4 rings (SSSR count). The normalized spacial score (nSPS) is 14.6. The lowest BCUT2D eigenvalue weighted by molar-refractivity contribution is 0.594. The van der Waals surface area contributed by atoms with Gasteiger partial charge in [-0.2, -0.15) is 0 Å². The predicted octanol–water partition coefficient (Wildman–Crippen LogP) is 4.30. The zero-order valence-electron chi connectivity index (χ0n) is 14.5. The number of aliphatic imine (C=N–C) groups is 1. The van der Waals surface area contributed by atoms with E-state index in [1.54, 1.807) is 0 Å². The van der Waals surface area contributed by atoms with E-state index in [0.717, 1.165) is 40.5 Å². The molecule has 2 heterocycles. The first-order chi connectivity index (χ1) is 12.1. The summed E-state index contributed by atoms with van der Waals surface area (Å²) in [6.07, 6.45) is 2.00. The maximum atomic E-state index is 4.86. The molecule has 4 heteroatoms. The summed E-state index contributed by atoms with van der Waals surface area (Å²) >= 11 is 0. The second-order valence-corrected chi connectivity index (χ2v) is 6.27. The average molecular weight is 328 g/mol. The summed E-state index contributed by atoms with van der Waals surface area (Å²) in [6, 6.07) is 18.7. The van der Waals surface area contributed by atoms with Gasteiger partial charge in [0.1, 0.15) is 5.70 Å². The fourth-order valence-electron chi connectivity index (χ4n) is 3.10. The van der Waals surface area contributed by atoms with E-state index >= 15 is 0 Å². The molecule has 2 aromatic carbocycles. The average Bonchev–Trinajstić information content (AvgIpc) is 2.99. The van der Waals surface area contributed by atoms with Crippen molar-refractivity contribution in [2.75, 3.05) is 7.05 Å². The smallest absolute Gasteiger partial charge is 0.161 e. The standard InChI is InChI=1S/C21H20N4/c1-15-16(2)24(3)14-19(22-15)21-23-18-11-7-8-12-20(18)25(21)13-17-9-5-4-6-10-17/h4-12,14H,2,13H2,1,3H3. The summed E-state index contributed by atoms with van der Waals surface area (Å²) in [5, 5.41) is 0. The van der Waals surface area contributed by atoms with Gasteiger partial charge in [0.25, 0.3) is 0 Å². The minimum Gasteiger partial charge on any atom is -0.348 e. The zero-order chi connectivity index (χ0) is 17.4. The largest absolute Gasteiger partial charge is 0.348 e. The van der Waals surface area contributed by atoms with E-state index in [1.165, 1.54) is 5.56 Å². The number of para-hydroxylation sites is 2. The van der Waals surface area contributed by atoms with Gasteiger partial charge in [0, 0.05) is 19.8 Å². The summed E-state index contributed by atoms with van der Waals surface area (Å²) < 4.78 is 2.23. The molecular weight excluding hydrogens is 308 g/mol. The molecule has 3 aromatic rings. The van der Waals surface area contributed by atoms with Crippen molar-refractivity contribution in [1.29, 1.82) is 0 Å². The molecule has 0 atom stereocenters. The molecule has 0 aliphatic carbocycles. The van der Waals surface area contributed by atoms with Crippen LogP contribution in [0, 0.1) is 0 Å². The monoisotopic (exact) mass is 328 g/mol. The Bertz CT molecular complexity index is 1010. The predicted molar refractivity (Wildman–Crippen MR) is 103 cm³/mol. The lowest BCUT2D eigenvalue weighted by Crippen LogP contribution is -2.20. The highest BCUT2D eigenvalue weighted by atomic mass is 15.2. The summed E-state index contributed by atoms with van der Waals surface area (Å²) in [4.78, 5) is 11.6. The van der Waals surface area contributed by atoms with Crippen molar-refractivity contribution < 1.29 is 0 Å². The minimum absolute atomic E-state index is 0.757. The number of benzene rings is 2. The molecule has 0 saturated carbocycles. The van der Waals surface area contributed by atoms with Crippen LogP contribution in [0.4, 0.5) is 0 Å². The Kier molecular flexibility index (Phi) is 3.73. The summed E-state index contributed by atoms with van der Waals surface area (Å²) in [5.74, 6) is 0.878. The van der Waals surface area contributed by atoms with Crippen LogP contribution in [-0.4, -0.2) is 27.2 Å². The molecule has 0 amide bonds. The van der Waals surface area contributed by atoms with Crippen LogP contribution in [0.5, 0.6) is 0 Å². The van der Waals surface area contributed by atoms with Gasteiger partial charge in [-0.15, -0.1) is 0 Å². The van der Waals surface area contributed by atoms with Gasteiger partial charge in [-0.3, -0.25) is 0 Å². The van der Waals surface area contributed by atoms with Crippen molar-refractivity contribution in [3.05, 3.63) is 84.5 Å². The summed E-state index contributed by atoms with van der Waals surface area (Å²) in [7, 11) is 1.99. The number of imidazole rings is 1. The first kappa shape index (κ1) is 15.4. The Morgan fingerprint density at radius 3 is 2.48 bits per heavy atom. The third kappa shape index (κ3) is 2.76. The molecule has 0 N–H and O–H groups in total. The van der Waals surface area contributed by atoms with Crippen molar-refractivity contribution >= 4 is 22.4 Å². The number of hydrogen-bond donors (Lipinski definition) is 0. The second kappa shape index (κ2) is 6.06. The van der Waals surface area contributed by atoms with Crippen LogP contribution in [-0.2, 0) is 6.54 Å². The van der Waals surface area contributed by atoms with Gasteiger partial charge in [-0.1, -0.05) is 49.0 Å². The molecule has 1 aliphatic heterocycles. The highest BCUT2D eigenvalue weighted by molar-refractivity contribution is 6.02. The molecule has 124 valence electrons. The lowest BCUT2D eigenvalue weighted by Gasteiger charge is -2.23. The van der Waals surface area contributed by atoms with Crippen molar-refractivity contribution in [3.63, 3.8) is 0 Å². The molecule has 1 aliphatic rings. The van der Waals surface area contributed by atoms with E-state index in [2.05, 4.69) is 41.5 Å². The van der Waals surface area contributed by atoms with E-state index in [-0.39, 0.29) is 0 Å². The first-order valence-electron chi connectivity index (χ1n) is 8.32. The Hall–Kier alpha value is -3.14. The Balaban J connectivity index is 1.88. The molecule has 25 heavy (non-hydrogen) atoms. The molecule has 0 saturated heterocycles. The molecule has 0 unspecified atom stereocenters. The lowest BCUT2D eigenvalue weighted by atomic mass is 10.2. The van der Waals surface area contributed by atoms with Crippen LogP contribution in [0.1, 0.15) is 18.3 Å². The quantitative estimate of drug-likeness (QED) is 0.718.